The van der Waals surface area contributed by atoms with E-state index in [1.165, 1.54) is 23.9 Å². The summed E-state index contributed by atoms with van der Waals surface area (Å²) < 4.78 is 3.49. The molecule has 0 rings (SSSR count). The van der Waals surface area contributed by atoms with Crippen LogP contribution in [0.4, 0.5) is 0 Å². The Bertz CT molecular complexity index is 45.7. The fourth-order valence-corrected chi connectivity index (χ4v) is 2.04. The molecule has 0 fully saturated rings. The van der Waals surface area contributed by atoms with Crippen LogP contribution in [0.3, 0.4) is 0 Å². The van der Waals surface area contributed by atoms with E-state index in [9.17, 15) is 0 Å². The Hall–Kier alpha value is 1.12. The summed E-state index contributed by atoms with van der Waals surface area (Å²) in [6, 6.07) is 0. The van der Waals surface area contributed by atoms with E-state index >= 15 is 0 Å². The maximum atomic E-state index is 2.73. The number of hydrogen-bond acceptors (Lipinski definition) is 1. The van der Waals surface area contributed by atoms with Crippen LogP contribution in [0.2, 0.25) is 0 Å². The molecule has 0 saturated carbocycles. The molecule has 0 spiro atoms. The van der Waals surface area contributed by atoms with Crippen molar-refractivity contribution in [2.45, 2.75) is 13.3 Å². The van der Waals surface area contributed by atoms with Crippen LogP contribution in [-0.2, 0) is 0 Å². The second-order valence-corrected chi connectivity index (χ2v) is 3.53. The Kier molecular flexibility index (Phi) is 7.12. The van der Waals surface area contributed by atoms with Gasteiger partial charge in [-0.05, 0) is 6.42 Å². The second-order valence-electron chi connectivity index (χ2n) is 1.72. The van der Waals surface area contributed by atoms with E-state index in [-0.39, 0.29) is 0 Å². The maximum Gasteiger partial charge on any atom is 0.0126 e. The first-order chi connectivity index (χ1) is 3.81. The van der Waals surface area contributed by atoms with Gasteiger partial charge in [-0.25, -0.2) is 0 Å². The van der Waals surface area contributed by atoms with Gasteiger partial charge < -0.3 is 0 Å². The van der Waals surface area contributed by atoms with Gasteiger partial charge in [-0.2, -0.15) is 0 Å². The summed E-state index contributed by atoms with van der Waals surface area (Å²) in [6.07, 6.45) is 1.25. The van der Waals surface area contributed by atoms with Crippen molar-refractivity contribution in [3.63, 3.8) is 0 Å². The highest BCUT2D eigenvalue weighted by Crippen LogP contribution is 1.99. The van der Waals surface area contributed by atoms with E-state index in [1.54, 1.807) is 0 Å². The molecule has 0 aliphatic carbocycles. The van der Waals surface area contributed by atoms with Crippen LogP contribution in [0, 0.1) is 0 Å². The van der Waals surface area contributed by atoms with Crippen LogP contribution in [0.25, 0.3) is 0 Å². The number of rotatable bonds is 4. The van der Waals surface area contributed by atoms with E-state index in [1.807, 2.05) is 0 Å². The molecule has 0 bridgehead atoms. The molecular formula is C5H13INP. The summed E-state index contributed by atoms with van der Waals surface area (Å²) in [6.45, 7) is 4.59. The van der Waals surface area contributed by atoms with Crippen LogP contribution in [0.15, 0.2) is 0 Å². The first-order valence-corrected chi connectivity index (χ1v) is 4.91. The Balaban J connectivity index is 2.92. The van der Waals surface area contributed by atoms with Crippen molar-refractivity contribution in [3.8, 4) is 0 Å². The number of hydrogen-bond donors (Lipinski definition) is 0. The average Bonchev–Trinajstić information content (AvgIpc) is 1.68. The third kappa shape index (κ3) is 5.26. The topological polar surface area (TPSA) is 3.24 Å². The van der Waals surface area contributed by atoms with Crippen LogP contribution in [0.1, 0.15) is 13.3 Å². The van der Waals surface area contributed by atoms with E-state index in [0.29, 0.717) is 0 Å². The Morgan fingerprint density at radius 3 is 2.50 bits per heavy atom. The van der Waals surface area contributed by atoms with Crippen LogP contribution >= 0.6 is 32.0 Å². The third-order valence-electron chi connectivity index (χ3n) is 0.883. The van der Waals surface area contributed by atoms with Crippen molar-refractivity contribution in [1.29, 1.82) is 0 Å². The zero-order chi connectivity index (χ0) is 6.41. The summed E-state index contributed by atoms with van der Waals surface area (Å²) in [5, 5.41) is 0. The van der Waals surface area contributed by atoms with Gasteiger partial charge >= 0.3 is 0 Å². The third-order valence-corrected chi connectivity index (χ3v) is 1.88. The van der Waals surface area contributed by atoms with Crippen molar-refractivity contribution >= 4 is 32.0 Å². The Morgan fingerprint density at radius 2 is 2.12 bits per heavy atom. The van der Waals surface area contributed by atoms with E-state index < -0.39 is 0 Å². The molecule has 0 radical (unpaired) electrons. The molecule has 0 heterocycles. The quantitative estimate of drug-likeness (QED) is 0.415. The molecule has 1 unspecified atom stereocenters. The molecule has 1 atom stereocenters. The number of alkyl halides is 1. The van der Waals surface area contributed by atoms with E-state index in [2.05, 4.69) is 43.6 Å². The lowest BCUT2D eigenvalue weighted by Crippen LogP contribution is -2.14. The van der Waals surface area contributed by atoms with Crippen molar-refractivity contribution in [2.24, 2.45) is 0 Å². The minimum atomic E-state index is 1.19. The maximum absolute atomic E-state index is 2.73. The van der Waals surface area contributed by atoms with Gasteiger partial charge in [-0.3, -0.25) is 4.67 Å². The predicted molar refractivity (Wildman–Crippen MR) is 50.5 cm³/mol. The Morgan fingerprint density at radius 1 is 1.50 bits per heavy atom. The second kappa shape index (κ2) is 6.24. The number of nitrogens with zero attached hydrogens (tertiary/aromatic N) is 1. The lowest BCUT2D eigenvalue weighted by Gasteiger charge is -2.11. The predicted octanol–water partition coefficient (Wildman–Crippen LogP) is 1.92. The van der Waals surface area contributed by atoms with Gasteiger partial charge in [0.05, 0.1) is 0 Å². The minimum absolute atomic E-state index is 1.19. The number of halogens is 1. The molecule has 0 aromatic carbocycles. The summed E-state index contributed by atoms with van der Waals surface area (Å²) >= 11 is 2.39. The molecule has 0 amide bonds. The highest BCUT2D eigenvalue weighted by atomic mass is 127. The Labute approximate surface area is 67.6 Å². The first kappa shape index (κ1) is 9.12. The van der Waals surface area contributed by atoms with Crippen molar-refractivity contribution in [3.05, 3.63) is 0 Å². The van der Waals surface area contributed by atoms with Crippen LogP contribution < -0.4 is 0 Å². The SMILES string of the molecule is CCCN(P)CCI. The van der Waals surface area contributed by atoms with Gasteiger partial charge in [0.25, 0.3) is 0 Å². The van der Waals surface area contributed by atoms with Gasteiger partial charge in [0.1, 0.15) is 0 Å². The zero-order valence-electron chi connectivity index (χ0n) is 5.23. The zero-order valence-corrected chi connectivity index (χ0v) is 8.54. The molecule has 50 valence electrons. The average molecular weight is 245 g/mol. The summed E-state index contributed by atoms with van der Waals surface area (Å²) in [4.78, 5) is 0. The molecular weight excluding hydrogens is 232 g/mol. The fourth-order valence-electron chi connectivity index (χ4n) is 0.508. The van der Waals surface area contributed by atoms with Gasteiger partial charge in [0.2, 0.25) is 0 Å². The highest BCUT2D eigenvalue weighted by Gasteiger charge is 1.91. The molecule has 8 heavy (non-hydrogen) atoms. The minimum Gasteiger partial charge on any atom is -0.287 e. The molecule has 0 saturated heterocycles. The van der Waals surface area contributed by atoms with Gasteiger partial charge in [0, 0.05) is 17.5 Å². The summed E-state index contributed by atoms with van der Waals surface area (Å²) in [5.41, 5.74) is 0. The monoisotopic (exact) mass is 245 g/mol. The first-order valence-electron chi connectivity index (χ1n) is 2.87. The van der Waals surface area contributed by atoms with Crippen LogP contribution in [0.5, 0.6) is 0 Å². The normalized spacial score (nSPS) is 10.5. The van der Waals surface area contributed by atoms with Gasteiger partial charge in [-0.1, -0.05) is 38.9 Å². The summed E-state index contributed by atoms with van der Waals surface area (Å²) in [7, 11) is 2.73. The lowest BCUT2D eigenvalue weighted by atomic mass is 10.5. The van der Waals surface area contributed by atoms with E-state index in [0.717, 1.165) is 0 Å². The molecule has 0 aliphatic heterocycles. The summed E-state index contributed by atoms with van der Waals surface area (Å²) in [5.74, 6) is 0. The molecule has 0 aromatic rings. The molecule has 1 nitrogen and oxygen atoms in total. The standard InChI is InChI=1S/C5H13INP/c1-2-4-7(8)5-3-6/h2-5,8H2,1H3. The van der Waals surface area contributed by atoms with Crippen molar-refractivity contribution < 1.29 is 0 Å². The lowest BCUT2D eigenvalue weighted by molar-refractivity contribution is 0.499. The van der Waals surface area contributed by atoms with Crippen LogP contribution in [-0.4, -0.2) is 22.2 Å². The van der Waals surface area contributed by atoms with Gasteiger partial charge in [0.15, 0.2) is 0 Å². The molecule has 0 aromatic heterocycles. The largest absolute Gasteiger partial charge is 0.287 e. The van der Waals surface area contributed by atoms with Crippen molar-refractivity contribution in [1.82, 2.24) is 4.67 Å². The van der Waals surface area contributed by atoms with E-state index in [4.69, 9.17) is 0 Å². The fraction of sp³-hybridized carbons (Fsp3) is 1.00. The molecule has 0 aliphatic rings. The molecule has 0 N–H and O–H groups in total. The molecule has 3 heteroatoms. The highest BCUT2D eigenvalue weighted by molar-refractivity contribution is 14.1. The van der Waals surface area contributed by atoms with Crippen molar-refractivity contribution in [2.75, 3.05) is 17.5 Å². The smallest absolute Gasteiger partial charge is 0.0126 e. The van der Waals surface area contributed by atoms with Gasteiger partial charge in [-0.15, -0.1) is 0 Å².